The molecule has 1 aromatic rings. The van der Waals surface area contributed by atoms with E-state index in [4.69, 9.17) is 4.42 Å². The molecule has 0 aromatic carbocycles. The molecule has 0 unspecified atom stereocenters. The van der Waals surface area contributed by atoms with E-state index in [1.165, 1.54) is 0 Å². The number of aromatic nitrogens is 2. The minimum Gasteiger partial charge on any atom is -0.419 e. The number of alkyl halides is 2. The lowest BCUT2D eigenvalue weighted by atomic mass is 10.1. The van der Waals surface area contributed by atoms with Crippen molar-refractivity contribution in [3.05, 3.63) is 11.8 Å². The van der Waals surface area contributed by atoms with Crippen LogP contribution in [0.25, 0.3) is 0 Å². The average Bonchev–Trinajstić information content (AvgIpc) is 2.75. The van der Waals surface area contributed by atoms with Crippen molar-refractivity contribution in [1.82, 2.24) is 10.2 Å². The largest absolute Gasteiger partial charge is 0.419 e. The van der Waals surface area contributed by atoms with E-state index < -0.39 is 12.3 Å². The van der Waals surface area contributed by atoms with Gasteiger partial charge in [-0.3, -0.25) is 0 Å². The predicted octanol–water partition coefficient (Wildman–Crippen LogP) is 2.66. The Morgan fingerprint density at radius 2 is 1.92 bits per heavy atom. The van der Waals surface area contributed by atoms with E-state index in [2.05, 4.69) is 10.2 Å². The van der Waals surface area contributed by atoms with E-state index in [1.54, 1.807) is 0 Å². The van der Waals surface area contributed by atoms with Crippen LogP contribution in [0.4, 0.5) is 8.78 Å². The van der Waals surface area contributed by atoms with E-state index in [0.717, 1.165) is 25.7 Å². The van der Waals surface area contributed by atoms with Gasteiger partial charge in [0.1, 0.15) is 0 Å². The van der Waals surface area contributed by atoms with Crippen molar-refractivity contribution in [2.75, 3.05) is 0 Å². The van der Waals surface area contributed by atoms with Gasteiger partial charge in [0.05, 0.1) is 0 Å². The molecule has 0 aliphatic heterocycles. The quantitative estimate of drug-likeness (QED) is 0.716. The number of halogens is 2. The van der Waals surface area contributed by atoms with Gasteiger partial charge in [0, 0.05) is 5.92 Å². The van der Waals surface area contributed by atoms with Crippen LogP contribution in [0.15, 0.2) is 4.42 Å². The summed E-state index contributed by atoms with van der Waals surface area (Å²) in [5.74, 6) is 0.0368. The molecule has 0 saturated heterocycles. The van der Waals surface area contributed by atoms with Crippen LogP contribution in [-0.4, -0.2) is 10.2 Å². The first kappa shape index (κ1) is 8.59. The minimum absolute atomic E-state index is 0.208. The molecule has 0 amide bonds. The normalized spacial score (nSPS) is 18.7. The summed E-state index contributed by atoms with van der Waals surface area (Å²) in [5, 5.41) is 6.92. The highest BCUT2D eigenvalue weighted by Crippen LogP contribution is 2.33. The van der Waals surface area contributed by atoms with Gasteiger partial charge in [0.25, 0.3) is 5.89 Å². The van der Waals surface area contributed by atoms with Crippen molar-refractivity contribution in [2.24, 2.45) is 0 Å². The van der Waals surface area contributed by atoms with Crippen LogP contribution in [0, 0.1) is 0 Å². The van der Waals surface area contributed by atoms with Crippen LogP contribution >= 0.6 is 0 Å². The molecule has 1 saturated carbocycles. The highest BCUT2D eigenvalue weighted by Gasteiger charge is 2.24. The second-order valence-corrected chi connectivity index (χ2v) is 3.26. The molecule has 1 fully saturated rings. The zero-order chi connectivity index (χ0) is 9.26. The SMILES string of the molecule is FC(F)c1nnc(C2CCCC2)o1. The third-order valence-electron chi connectivity index (χ3n) is 2.35. The lowest BCUT2D eigenvalue weighted by molar-refractivity contribution is 0.112. The Morgan fingerprint density at radius 1 is 1.23 bits per heavy atom. The Hall–Kier alpha value is -1.00. The first-order valence-corrected chi connectivity index (χ1v) is 4.39. The molecule has 1 aromatic heterocycles. The number of rotatable bonds is 2. The molecule has 2 rings (SSSR count). The van der Waals surface area contributed by atoms with Gasteiger partial charge < -0.3 is 4.42 Å². The van der Waals surface area contributed by atoms with Crippen molar-refractivity contribution in [2.45, 2.75) is 38.0 Å². The van der Waals surface area contributed by atoms with Gasteiger partial charge in [0.15, 0.2) is 0 Å². The molecule has 5 heteroatoms. The Kier molecular flexibility index (Phi) is 2.24. The standard InChI is InChI=1S/C8H10F2N2O/c9-6(10)8-12-11-7(13-8)5-3-1-2-4-5/h5-6H,1-4H2. The van der Waals surface area contributed by atoms with Crippen molar-refractivity contribution in [3.63, 3.8) is 0 Å². The van der Waals surface area contributed by atoms with Crippen LogP contribution in [0.2, 0.25) is 0 Å². The molecular weight excluding hydrogens is 178 g/mol. The lowest BCUT2D eigenvalue weighted by Crippen LogP contribution is -1.91. The van der Waals surface area contributed by atoms with Crippen molar-refractivity contribution in [3.8, 4) is 0 Å². The number of nitrogens with zero attached hydrogens (tertiary/aromatic N) is 2. The lowest BCUT2D eigenvalue weighted by Gasteiger charge is -1.99. The van der Waals surface area contributed by atoms with Gasteiger partial charge in [-0.1, -0.05) is 12.8 Å². The van der Waals surface area contributed by atoms with Crippen molar-refractivity contribution >= 4 is 0 Å². The van der Waals surface area contributed by atoms with Crippen LogP contribution in [0.3, 0.4) is 0 Å². The van der Waals surface area contributed by atoms with E-state index in [-0.39, 0.29) is 5.92 Å². The summed E-state index contributed by atoms with van der Waals surface area (Å²) < 4.78 is 29.0. The van der Waals surface area contributed by atoms with Gasteiger partial charge >= 0.3 is 6.43 Å². The Bertz CT molecular complexity index is 281. The molecule has 0 N–H and O–H groups in total. The molecule has 72 valence electrons. The van der Waals surface area contributed by atoms with Gasteiger partial charge in [-0.25, -0.2) is 0 Å². The number of hydrogen-bond acceptors (Lipinski definition) is 3. The fourth-order valence-electron chi connectivity index (χ4n) is 1.67. The monoisotopic (exact) mass is 188 g/mol. The molecule has 0 bridgehead atoms. The maximum atomic E-state index is 12.1. The van der Waals surface area contributed by atoms with Crippen molar-refractivity contribution < 1.29 is 13.2 Å². The van der Waals surface area contributed by atoms with Gasteiger partial charge in [-0.2, -0.15) is 8.78 Å². The van der Waals surface area contributed by atoms with Crippen LogP contribution in [0.5, 0.6) is 0 Å². The zero-order valence-electron chi connectivity index (χ0n) is 7.04. The third-order valence-corrected chi connectivity index (χ3v) is 2.35. The predicted molar refractivity (Wildman–Crippen MR) is 40.5 cm³/mol. The highest BCUT2D eigenvalue weighted by atomic mass is 19.3. The van der Waals surface area contributed by atoms with E-state index in [9.17, 15) is 8.78 Å². The third kappa shape index (κ3) is 1.68. The van der Waals surface area contributed by atoms with Crippen LogP contribution < -0.4 is 0 Å². The summed E-state index contributed by atoms with van der Waals surface area (Å²) in [7, 11) is 0. The average molecular weight is 188 g/mol. The second-order valence-electron chi connectivity index (χ2n) is 3.26. The number of hydrogen-bond donors (Lipinski definition) is 0. The Morgan fingerprint density at radius 3 is 2.46 bits per heavy atom. The van der Waals surface area contributed by atoms with E-state index in [1.807, 2.05) is 0 Å². The molecular formula is C8H10F2N2O. The maximum Gasteiger partial charge on any atom is 0.314 e. The molecule has 13 heavy (non-hydrogen) atoms. The second kappa shape index (κ2) is 3.40. The first-order chi connectivity index (χ1) is 6.27. The zero-order valence-corrected chi connectivity index (χ0v) is 7.04. The molecule has 0 atom stereocenters. The molecule has 0 radical (unpaired) electrons. The summed E-state index contributed by atoms with van der Waals surface area (Å²) >= 11 is 0. The summed E-state index contributed by atoms with van der Waals surface area (Å²) in [6, 6.07) is 0. The highest BCUT2D eigenvalue weighted by molar-refractivity contribution is 4.94. The van der Waals surface area contributed by atoms with Gasteiger partial charge in [0.2, 0.25) is 5.89 Å². The van der Waals surface area contributed by atoms with Crippen LogP contribution in [-0.2, 0) is 0 Å². The summed E-state index contributed by atoms with van der Waals surface area (Å²) in [4.78, 5) is 0. The summed E-state index contributed by atoms with van der Waals surface area (Å²) in [6.07, 6.45) is 1.55. The Labute approximate surface area is 74.1 Å². The van der Waals surface area contributed by atoms with Crippen LogP contribution in [0.1, 0.15) is 49.8 Å². The fourth-order valence-corrected chi connectivity index (χ4v) is 1.67. The summed E-state index contributed by atoms with van der Waals surface area (Å²) in [5.41, 5.74) is 0. The van der Waals surface area contributed by atoms with Gasteiger partial charge in [-0.05, 0) is 12.8 Å². The van der Waals surface area contributed by atoms with Crippen molar-refractivity contribution in [1.29, 1.82) is 0 Å². The fraction of sp³-hybridized carbons (Fsp3) is 0.750. The molecule has 1 heterocycles. The van der Waals surface area contributed by atoms with E-state index >= 15 is 0 Å². The smallest absolute Gasteiger partial charge is 0.314 e. The maximum absolute atomic E-state index is 12.1. The van der Waals surface area contributed by atoms with E-state index in [0.29, 0.717) is 5.89 Å². The summed E-state index contributed by atoms with van der Waals surface area (Å²) in [6.45, 7) is 0. The Balaban J connectivity index is 2.12. The van der Waals surface area contributed by atoms with Gasteiger partial charge in [-0.15, -0.1) is 10.2 Å². The molecule has 1 aliphatic carbocycles. The molecule has 3 nitrogen and oxygen atoms in total. The minimum atomic E-state index is -2.65. The topological polar surface area (TPSA) is 38.9 Å². The molecule has 1 aliphatic rings. The molecule has 0 spiro atoms. The first-order valence-electron chi connectivity index (χ1n) is 4.39.